The molecule has 1 N–H and O–H groups in total. The molecule has 0 aromatic heterocycles. The number of Topliss-reactive ketones (excluding diaryl/α,β-unsaturated/α-hetero) is 1. The van der Waals surface area contributed by atoms with Crippen LogP contribution in [0.2, 0.25) is 0 Å². The minimum atomic E-state index is -0.0906. The minimum absolute atomic E-state index is 0. The molecule has 1 aliphatic heterocycles. The van der Waals surface area contributed by atoms with Crippen molar-refractivity contribution in [1.29, 1.82) is 0 Å². The number of carbonyl (C=O) groups excluding carboxylic acids is 1. The topological polar surface area (TPSA) is 50.7 Å². The summed E-state index contributed by atoms with van der Waals surface area (Å²) in [6.45, 7) is 1.63. The van der Waals surface area contributed by atoms with Gasteiger partial charge in [-0.05, 0) is 30.5 Å². The van der Waals surface area contributed by atoms with Gasteiger partial charge >= 0.3 is 0 Å². The summed E-state index contributed by atoms with van der Waals surface area (Å²) in [7, 11) is 1.62. The van der Waals surface area contributed by atoms with Crippen molar-refractivity contribution < 1.29 is 9.53 Å². The van der Waals surface area contributed by atoms with Gasteiger partial charge in [0.25, 0.3) is 0 Å². The summed E-state index contributed by atoms with van der Waals surface area (Å²) in [5, 5.41) is 3.21. The number of methoxy groups -OCH3 is 1. The molecule has 19 heavy (non-hydrogen) atoms. The normalized spacial score (nSPS) is 21.0. The molecule has 2 aliphatic rings. The Kier molecular flexibility index (Phi) is 4.10. The number of ether oxygens (including phenoxy) is 1. The second-order valence-electron chi connectivity index (χ2n) is 4.67. The van der Waals surface area contributed by atoms with Gasteiger partial charge in [0, 0.05) is 12.1 Å². The molecule has 0 fully saturated rings. The molecule has 0 bridgehead atoms. The van der Waals surface area contributed by atoms with Crippen LogP contribution in [0.15, 0.2) is 23.2 Å². The molecule has 102 valence electrons. The highest BCUT2D eigenvalue weighted by Gasteiger charge is 2.32. The summed E-state index contributed by atoms with van der Waals surface area (Å²) in [5.41, 5.74) is 1.91. The van der Waals surface area contributed by atoms with Crippen molar-refractivity contribution >= 4 is 24.0 Å². The molecule has 0 spiro atoms. The maximum Gasteiger partial charge on any atom is 0.173 e. The molecule has 1 atom stereocenters. The predicted octanol–water partition coefficient (Wildman–Crippen LogP) is 1.86. The zero-order valence-corrected chi connectivity index (χ0v) is 11.6. The number of nitrogens with zero attached hydrogens (tertiary/aromatic N) is 1. The zero-order valence-electron chi connectivity index (χ0n) is 10.8. The molecule has 1 aromatic carbocycles. The molecular formula is C14H17ClN2O2. The number of amidine groups is 1. The maximum atomic E-state index is 12.5. The molecule has 0 amide bonds. The number of ketones is 1. The van der Waals surface area contributed by atoms with E-state index < -0.39 is 0 Å². The lowest BCUT2D eigenvalue weighted by atomic mass is 9.82. The van der Waals surface area contributed by atoms with E-state index in [2.05, 4.69) is 10.3 Å². The van der Waals surface area contributed by atoms with Crippen LogP contribution in [-0.2, 0) is 6.42 Å². The standard InChI is InChI=1S/C14H16N2O2.ClH/c1-18-10-4-2-9-3-5-11(13(17)12(9)8-10)14-15-6-7-16-14;/h2,4,8,11H,3,5-7H2,1H3,(H,15,16);1H. The second-order valence-corrected chi connectivity index (χ2v) is 4.67. The Labute approximate surface area is 118 Å². The van der Waals surface area contributed by atoms with Crippen LogP contribution in [0.1, 0.15) is 22.3 Å². The van der Waals surface area contributed by atoms with Crippen molar-refractivity contribution in [2.45, 2.75) is 12.8 Å². The highest BCUT2D eigenvalue weighted by molar-refractivity contribution is 6.13. The van der Waals surface area contributed by atoms with E-state index in [9.17, 15) is 4.79 Å². The third-order valence-corrected chi connectivity index (χ3v) is 3.63. The quantitative estimate of drug-likeness (QED) is 0.900. The average Bonchev–Trinajstić information content (AvgIpc) is 2.93. The number of carbonyl (C=O) groups is 1. The molecule has 1 unspecified atom stereocenters. The van der Waals surface area contributed by atoms with Gasteiger partial charge in [0.15, 0.2) is 5.78 Å². The largest absolute Gasteiger partial charge is 0.497 e. The van der Waals surface area contributed by atoms with Crippen LogP contribution in [0.25, 0.3) is 0 Å². The third-order valence-electron chi connectivity index (χ3n) is 3.63. The Morgan fingerprint density at radius 3 is 2.95 bits per heavy atom. The summed E-state index contributed by atoms with van der Waals surface area (Å²) in [6, 6.07) is 5.75. The Balaban J connectivity index is 0.00000133. The van der Waals surface area contributed by atoms with Crippen molar-refractivity contribution in [1.82, 2.24) is 5.32 Å². The summed E-state index contributed by atoms with van der Waals surface area (Å²) in [4.78, 5) is 16.9. The fourth-order valence-corrected chi connectivity index (χ4v) is 2.66. The van der Waals surface area contributed by atoms with Crippen LogP contribution in [-0.4, -0.2) is 31.8 Å². The number of fused-ring (bicyclic) bond motifs is 1. The van der Waals surface area contributed by atoms with Crippen molar-refractivity contribution in [2.75, 3.05) is 20.2 Å². The van der Waals surface area contributed by atoms with Gasteiger partial charge in [0.2, 0.25) is 0 Å². The number of halogens is 1. The van der Waals surface area contributed by atoms with Crippen LogP contribution in [0.3, 0.4) is 0 Å². The second kappa shape index (κ2) is 5.61. The molecule has 1 heterocycles. The lowest BCUT2D eigenvalue weighted by molar-refractivity contribution is 0.0939. The lowest BCUT2D eigenvalue weighted by Gasteiger charge is -2.23. The van der Waals surface area contributed by atoms with Crippen molar-refractivity contribution in [3.8, 4) is 5.75 Å². The van der Waals surface area contributed by atoms with Crippen molar-refractivity contribution in [2.24, 2.45) is 10.9 Å². The maximum absolute atomic E-state index is 12.5. The van der Waals surface area contributed by atoms with Crippen LogP contribution in [0, 0.1) is 5.92 Å². The fourth-order valence-electron chi connectivity index (χ4n) is 2.66. The van der Waals surface area contributed by atoms with E-state index >= 15 is 0 Å². The highest BCUT2D eigenvalue weighted by Crippen LogP contribution is 2.29. The number of hydrogen-bond acceptors (Lipinski definition) is 4. The Hall–Kier alpha value is -1.55. The molecule has 4 nitrogen and oxygen atoms in total. The first-order valence-electron chi connectivity index (χ1n) is 6.29. The highest BCUT2D eigenvalue weighted by atomic mass is 35.5. The van der Waals surface area contributed by atoms with Gasteiger partial charge in [0.05, 0.1) is 19.6 Å². The molecule has 3 rings (SSSR count). The molecule has 1 aliphatic carbocycles. The first kappa shape index (κ1) is 13.9. The van der Waals surface area contributed by atoms with E-state index in [4.69, 9.17) is 4.74 Å². The van der Waals surface area contributed by atoms with Gasteiger partial charge in [-0.2, -0.15) is 0 Å². The van der Waals surface area contributed by atoms with Crippen molar-refractivity contribution in [3.05, 3.63) is 29.3 Å². The molecule has 1 aromatic rings. The van der Waals surface area contributed by atoms with E-state index in [-0.39, 0.29) is 24.1 Å². The van der Waals surface area contributed by atoms with Gasteiger partial charge in [-0.15, -0.1) is 12.4 Å². The molecule has 0 radical (unpaired) electrons. The van der Waals surface area contributed by atoms with Crippen LogP contribution < -0.4 is 10.1 Å². The zero-order chi connectivity index (χ0) is 12.5. The number of aliphatic imine (C=N–C) groups is 1. The smallest absolute Gasteiger partial charge is 0.173 e. The summed E-state index contributed by atoms with van der Waals surface area (Å²) >= 11 is 0. The van der Waals surface area contributed by atoms with Gasteiger partial charge in [-0.1, -0.05) is 6.07 Å². The van der Waals surface area contributed by atoms with E-state index in [0.717, 1.165) is 48.6 Å². The first-order chi connectivity index (χ1) is 8.79. The number of aryl methyl sites for hydroxylation is 1. The summed E-state index contributed by atoms with van der Waals surface area (Å²) < 4.78 is 5.19. The van der Waals surface area contributed by atoms with Crippen molar-refractivity contribution in [3.63, 3.8) is 0 Å². The monoisotopic (exact) mass is 280 g/mol. The van der Waals surface area contributed by atoms with Crippen LogP contribution >= 0.6 is 12.4 Å². The number of rotatable bonds is 2. The Morgan fingerprint density at radius 2 is 2.26 bits per heavy atom. The number of nitrogens with one attached hydrogen (secondary N) is 1. The van der Waals surface area contributed by atoms with E-state index in [0.29, 0.717) is 0 Å². The fraction of sp³-hybridized carbons (Fsp3) is 0.429. The SMILES string of the molecule is COc1ccc2c(c1)C(=O)C(C1=NCCN1)CC2.Cl. The van der Waals surface area contributed by atoms with Gasteiger partial charge in [-0.25, -0.2) is 0 Å². The third kappa shape index (κ3) is 2.45. The van der Waals surface area contributed by atoms with Gasteiger partial charge in [-0.3, -0.25) is 9.79 Å². The lowest BCUT2D eigenvalue weighted by Crippen LogP contribution is -2.35. The van der Waals surface area contributed by atoms with Gasteiger partial charge < -0.3 is 10.1 Å². The number of hydrogen-bond donors (Lipinski definition) is 1. The molecule has 0 saturated heterocycles. The van der Waals surface area contributed by atoms with Crippen LogP contribution in [0.4, 0.5) is 0 Å². The molecule has 5 heteroatoms. The molecule has 0 saturated carbocycles. The van der Waals surface area contributed by atoms with Gasteiger partial charge in [0.1, 0.15) is 11.6 Å². The summed E-state index contributed by atoms with van der Waals surface area (Å²) in [6.07, 6.45) is 1.78. The van der Waals surface area contributed by atoms with E-state index in [1.54, 1.807) is 7.11 Å². The number of benzene rings is 1. The minimum Gasteiger partial charge on any atom is -0.497 e. The molecular weight excluding hydrogens is 264 g/mol. The summed E-state index contributed by atoms with van der Waals surface area (Å²) in [5.74, 6) is 1.69. The van der Waals surface area contributed by atoms with E-state index in [1.165, 1.54) is 0 Å². The predicted molar refractivity (Wildman–Crippen MR) is 76.7 cm³/mol. The van der Waals surface area contributed by atoms with E-state index in [1.807, 2.05) is 18.2 Å². The van der Waals surface area contributed by atoms with Crippen LogP contribution in [0.5, 0.6) is 5.75 Å². The Morgan fingerprint density at radius 1 is 1.42 bits per heavy atom. The first-order valence-corrected chi connectivity index (χ1v) is 6.29. The Bertz CT molecular complexity index is 528. The average molecular weight is 281 g/mol.